The number of aryl methyl sites for hydroxylation is 1. The standard InChI is InChI=1S/C11H15BrClN/c1-14(2)5-3-4-9-6-10(12)8-11(13)7-9/h6-8H,3-5H2,1-2H3. The summed E-state index contributed by atoms with van der Waals surface area (Å²) in [6.45, 7) is 1.12. The fourth-order valence-electron chi connectivity index (χ4n) is 1.35. The lowest BCUT2D eigenvalue weighted by molar-refractivity contribution is 0.400. The van der Waals surface area contributed by atoms with E-state index >= 15 is 0 Å². The van der Waals surface area contributed by atoms with Crippen molar-refractivity contribution in [2.24, 2.45) is 0 Å². The minimum Gasteiger partial charge on any atom is -0.309 e. The number of hydrogen-bond donors (Lipinski definition) is 0. The molecule has 0 amide bonds. The highest BCUT2D eigenvalue weighted by molar-refractivity contribution is 9.10. The molecule has 0 heterocycles. The van der Waals surface area contributed by atoms with E-state index in [0.29, 0.717) is 0 Å². The topological polar surface area (TPSA) is 3.24 Å². The molecule has 1 rings (SSSR count). The normalized spacial score (nSPS) is 10.9. The van der Waals surface area contributed by atoms with Gasteiger partial charge < -0.3 is 4.90 Å². The van der Waals surface area contributed by atoms with E-state index in [4.69, 9.17) is 11.6 Å². The molecule has 0 aliphatic rings. The Kier molecular flexibility index (Phi) is 4.93. The van der Waals surface area contributed by atoms with Gasteiger partial charge in [0.1, 0.15) is 0 Å². The number of halogens is 2. The van der Waals surface area contributed by atoms with Crippen LogP contribution in [0, 0.1) is 0 Å². The largest absolute Gasteiger partial charge is 0.309 e. The smallest absolute Gasteiger partial charge is 0.0419 e. The fourth-order valence-corrected chi connectivity index (χ4v) is 2.28. The summed E-state index contributed by atoms with van der Waals surface area (Å²) in [5.41, 5.74) is 1.30. The van der Waals surface area contributed by atoms with Crippen LogP contribution in [-0.4, -0.2) is 25.5 Å². The van der Waals surface area contributed by atoms with Gasteiger partial charge in [0.25, 0.3) is 0 Å². The van der Waals surface area contributed by atoms with Crippen LogP contribution in [0.2, 0.25) is 5.02 Å². The van der Waals surface area contributed by atoms with Gasteiger partial charge in [0, 0.05) is 9.50 Å². The molecule has 0 N–H and O–H groups in total. The van der Waals surface area contributed by atoms with E-state index in [9.17, 15) is 0 Å². The number of nitrogens with zero attached hydrogens (tertiary/aromatic N) is 1. The molecule has 1 nitrogen and oxygen atoms in total. The third-order valence-corrected chi connectivity index (χ3v) is 2.67. The van der Waals surface area contributed by atoms with Crippen molar-refractivity contribution in [1.82, 2.24) is 4.90 Å². The fraction of sp³-hybridized carbons (Fsp3) is 0.455. The van der Waals surface area contributed by atoms with Crippen LogP contribution >= 0.6 is 27.5 Å². The van der Waals surface area contributed by atoms with Crippen LogP contribution in [0.3, 0.4) is 0 Å². The van der Waals surface area contributed by atoms with Crippen LogP contribution in [0.15, 0.2) is 22.7 Å². The van der Waals surface area contributed by atoms with Gasteiger partial charge in [-0.3, -0.25) is 0 Å². The van der Waals surface area contributed by atoms with E-state index in [1.165, 1.54) is 12.0 Å². The van der Waals surface area contributed by atoms with Gasteiger partial charge >= 0.3 is 0 Å². The van der Waals surface area contributed by atoms with Gasteiger partial charge in [-0.15, -0.1) is 0 Å². The molecule has 78 valence electrons. The highest BCUT2D eigenvalue weighted by atomic mass is 79.9. The average molecular weight is 277 g/mol. The molecule has 0 aliphatic carbocycles. The minimum atomic E-state index is 0.805. The highest BCUT2D eigenvalue weighted by Gasteiger charge is 1.98. The van der Waals surface area contributed by atoms with Gasteiger partial charge in [0.15, 0.2) is 0 Å². The van der Waals surface area contributed by atoms with Crippen LogP contribution in [0.5, 0.6) is 0 Å². The first kappa shape index (κ1) is 12.0. The van der Waals surface area contributed by atoms with Crippen molar-refractivity contribution >= 4 is 27.5 Å². The average Bonchev–Trinajstić information content (AvgIpc) is 2.01. The molecule has 0 unspecified atom stereocenters. The summed E-state index contributed by atoms with van der Waals surface area (Å²) in [5.74, 6) is 0. The summed E-state index contributed by atoms with van der Waals surface area (Å²) >= 11 is 9.39. The summed E-state index contributed by atoms with van der Waals surface area (Å²) in [6.07, 6.45) is 2.25. The van der Waals surface area contributed by atoms with E-state index in [2.05, 4.69) is 41.0 Å². The Labute approximate surface area is 99.2 Å². The Bertz CT molecular complexity index is 279. The zero-order valence-corrected chi connectivity index (χ0v) is 10.9. The molecule has 3 heteroatoms. The summed E-state index contributed by atoms with van der Waals surface area (Å²) in [6, 6.07) is 6.07. The first-order valence-corrected chi connectivity index (χ1v) is 5.85. The first-order chi connectivity index (χ1) is 6.58. The molecule has 0 aliphatic heterocycles. The number of benzene rings is 1. The molecule has 14 heavy (non-hydrogen) atoms. The lowest BCUT2D eigenvalue weighted by Gasteiger charge is -2.09. The third kappa shape index (κ3) is 4.45. The van der Waals surface area contributed by atoms with Gasteiger partial charge in [0.2, 0.25) is 0 Å². The molecule has 0 fully saturated rings. The molecular weight excluding hydrogens is 261 g/mol. The second-order valence-corrected chi connectivity index (χ2v) is 5.04. The van der Waals surface area contributed by atoms with E-state index in [-0.39, 0.29) is 0 Å². The Morgan fingerprint density at radius 1 is 1.29 bits per heavy atom. The van der Waals surface area contributed by atoms with Crippen molar-refractivity contribution < 1.29 is 0 Å². The summed E-state index contributed by atoms with van der Waals surface area (Å²) < 4.78 is 1.06. The van der Waals surface area contributed by atoms with Gasteiger partial charge in [-0.2, -0.15) is 0 Å². The molecule has 0 saturated carbocycles. The van der Waals surface area contributed by atoms with Crippen molar-refractivity contribution in [2.75, 3.05) is 20.6 Å². The zero-order valence-electron chi connectivity index (χ0n) is 8.56. The van der Waals surface area contributed by atoms with E-state index in [0.717, 1.165) is 22.5 Å². The van der Waals surface area contributed by atoms with Gasteiger partial charge in [-0.25, -0.2) is 0 Å². The van der Waals surface area contributed by atoms with Crippen LogP contribution in [0.1, 0.15) is 12.0 Å². The molecule has 0 aromatic heterocycles. The predicted octanol–water partition coefficient (Wildman–Crippen LogP) is 3.60. The van der Waals surface area contributed by atoms with Crippen LogP contribution in [0.4, 0.5) is 0 Å². The van der Waals surface area contributed by atoms with Crippen LogP contribution < -0.4 is 0 Å². The maximum absolute atomic E-state index is 5.95. The molecule has 1 aromatic carbocycles. The maximum Gasteiger partial charge on any atom is 0.0419 e. The SMILES string of the molecule is CN(C)CCCc1cc(Cl)cc(Br)c1. The summed E-state index contributed by atoms with van der Waals surface area (Å²) in [4.78, 5) is 2.19. The molecule has 1 aromatic rings. The third-order valence-electron chi connectivity index (χ3n) is 1.99. The Morgan fingerprint density at radius 2 is 2.00 bits per heavy atom. The van der Waals surface area contributed by atoms with Gasteiger partial charge in [0.05, 0.1) is 0 Å². The summed E-state index contributed by atoms with van der Waals surface area (Å²) in [7, 11) is 4.18. The van der Waals surface area contributed by atoms with Crippen LogP contribution in [-0.2, 0) is 6.42 Å². The quantitative estimate of drug-likeness (QED) is 0.812. The summed E-state index contributed by atoms with van der Waals surface area (Å²) in [5, 5.41) is 0.805. The molecule has 0 saturated heterocycles. The second-order valence-electron chi connectivity index (χ2n) is 3.68. The minimum absolute atomic E-state index is 0.805. The maximum atomic E-state index is 5.95. The van der Waals surface area contributed by atoms with E-state index in [1.807, 2.05) is 12.1 Å². The van der Waals surface area contributed by atoms with Crippen LogP contribution in [0.25, 0.3) is 0 Å². The van der Waals surface area contributed by atoms with E-state index in [1.54, 1.807) is 0 Å². The van der Waals surface area contributed by atoms with Crippen molar-refractivity contribution in [3.63, 3.8) is 0 Å². The van der Waals surface area contributed by atoms with Crippen molar-refractivity contribution in [1.29, 1.82) is 0 Å². The Balaban J connectivity index is 2.50. The van der Waals surface area contributed by atoms with Crippen molar-refractivity contribution in [3.05, 3.63) is 33.3 Å². The van der Waals surface area contributed by atoms with Gasteiger partial charge in [-0.1, -0.05) is 27.5 Å². The Morgan fingerprint density at radius 3 is 2.57 bits per heavy atom. The lowest BCUT2D eigenvalue weighted by Crippen LogP contribution is -2.13. The second kappa shape index (κ2) is 5.74. The highest BCUT2D eigenvalue weighted by Crippen LogP contribution is 2.20. The number of rotatable bonds is 4. The molecular formula is C11H15BrClN. The molecule has 0 bridgehead atoms. The molecule has 0 radical (unpaired) electrons. The van der Waals surface area contributed by atoms with Crippen molar-refractivity contribution in [2.45, 2.75) is 12.8 Å². The van der Waals surface area contributed by atoms with E-state index < -0.39 is 0 Å². The number of hydrogen-bond acceptors (Lipinski definition) is 1. The Hall–Kier alpha value is -0.0500. The molecule has 0 spiro atoms. The van der Waals surface area contributed by atoms with Crippen molar-refractivity contribution in [3.8, 4) is 0 Å². The predicted molar refractivity (Wildman–Crippen MR) is 66.0 cm³/mol. The lowest BCUT2D eigenvalue weighted by atomic mass is 10.1. The molecule has 0 atom stereocenters. The monoisotopic (exact) mass is 275 g/mol. The first-order valence-electron chi connectivity index (χ1n) is 4.67. The van der Waals surface area contributed by atoms with Gasteiger partial charge in [-0.05, 0) is 57.2 Å². The zero-order chi connectivity index (χ0) is 10.6.